The van der Waals surface area contributed by atoms with E-state index in [0.29, 0.717) is 0 Å². The lowest BCUT2D eigenvalue weighted by atomic mass is 9.77. The molecule has 1 aromatic carbocycles. The minimum Gasteiger partial charge on any atom is -0.493 e. The van der Waals surface area contributed by atoms with Gasteiger partial charge in [0.2, 0.25) is 0 Å². The van der Waals surface area contributed by atoms with Gasteiger partial charge in [0, 0.05) is 0 Å². The fourth-order valence-electron chi connectivity index (χ4n) is 6.57. The van der Waals surface area contributed by atoms with Gasteiger partial charge < -0.3 is 4.74 Å². The SMILES string of the molecule is CCCCCCCCCC1CCC(COc2ccc(C3CCC(CCC)CC3)cc2C)CC1. The molecule has 3 rings (SSSR count). The molecule has 0 heterocycles. The smallest absolute Gasteiger partial charge is 0.122 e. The van der Waals surface area contributed by atoms with Crippen molar-refractivity contribution < 1.29 is 4.74 Å². The second-order valence-electron chi connectivity index (χ2n) is 11.6. The number of unbranched alkanes of at least 4 members (excludes halogenated alkanes) is 6. The van der Waals surface area contributed by atoms with Gasteiger partial charge in [-0.3, -0.25) is 0 Å². The van der Waals surface area contributed by atoms with Gasteiger partial charge in [0.25, 0.3) is 0 Å². The number of benzene rings is 1. The van der Waals surface area contributed by atoms with Crippen molar-refractivity contribution in [3.8, 4) is 5.75 Å². The molecular weight excluding hydrogens is 400 g/mol. The van der Waals surface area contributed by atoms with Gasteiger partial charge in [-0.25, -0.2) is 0 Å². The third-order valence-electron chi connectivity index (χ3n) is 8.87. The van der Waals surface area contributed by atoms with Crippen molar-refractivity contribution in [2.45, 2.75) is 142 Å². The summed E-state index contributed by atoms with van der Waals surface area (Å²) < 4.78 is 6.35. The summed E-state index contributed by atoms with van der Waals surface area (Å²) in [5.41, 5.74) is 2.90. The zero-order valence-corrected chi connectivity index (χ0v) is 22.4. The van der Waals surface area contributed by atoms with E-state index >= 15 is 0 Å². The van der Waals surface area contributed by atoms with Crippen molar-refractivity contribution in [3.63, 3.8) is 0 Å². The van der Waals surface area contributed by atoms with Crippen LogP contribution in [0.2, 0.25) is 0 Å². The predicted molar refractivity (Wildman–Crippen MR) is 144 cm³/mol. The lowest BCUT2D eigenvalue weighted by molar-refractivity contribution is 0.177. The molecular formula is C32H54O. The highest BCUT2D eigenvalue weighted by atomic mass is 16.5. The first-order valence-corrected chi connectivity index (χ1v) is 14.9. The highest BCUT2D eigenvalue weighted by molar-refractivity contribution is 5.37. The molecule has 2 fully saturated rings. The normalized spacial score (nSPS) is 25.8. The summed E-state index contributed by atoms with van der Waals surface area (Å²) >= 11 is 0. The molecule has 0 saturated heterocycles. The van der Waals surface area contributed by atoms with Crippen LogP contribution in [-0.2, 0) is 0 Å². The fourth-order valence-corrected chi connectivity index (χ4v) is 6.57. The van der Waals surface area contributed by atoms with E-state index < -0.39 is 0 Å². The van der Waals surface area contributed by atoms with E-state index in [-0.39, 0.29) is 0 Å². The standard InChI is InChI=1S/C32H54O/c1-4-6-7-8-9-10-11-13-28-14-16-29(17-15-28)25-33-32-23-22-31(24-26(32)3)30-20-18-27(12-5-2)19-21-30/h22-24,27-30H,4-21,25H2,1-3H3. The molecule has 0 N–H and O–H groups in total. The summed E-state index contributed by atoms with van der Waals surface area (Å²) in [5, 5.41) is 0. The van der Waals surface area contributed by atoms with Crippen molar-refractivity contribution in [1.82, 2.24) is 0 Å². The summed E-state index contributed by atoms with van der Waals surface area (Å²) in [6.45, 7) is 7.81. The molecule has 0 spiro atoms. The molecule has 1 heteroatoms. The second-order valence-corrected chi connectivity index (χ2v) is 11.6. The maximum atomic E-state index is 6.35. The summed E-state index contributed by atoms with van der Waals surface area (Å²) in [6.07, 6.45) is 25.6. The molecule has 2 aliphatic rings. The average Bonchev–Trinajstić information content (AvgIpc) is 2.84. The largest absolute Gasteiger partial charge is 0.493 e. The van der Waals surface area contributed by atoms with Crippen LogP contribution in [0.1, 0.15) is 146 Å². The zero-order valence-electron chi connectivity index (χ0n) is 22.4. The Morgan fingerprint density at radius 2 is 1.27 bits per heavy atom. The molecule has 0 aromatic heterocycles. The van der Waals surface area contributed by atoms with Crippen LogP contribution in [0.3, 0.4) is 0 Å². The molecule has 1 aromatic rings. The Labute approximate surface area is 206 Å². The maximum Gasteiger partial charge on any atom is 0.122 e. The zero-order chi connectivity index (χ0) is 23.3. The van der Waals surface area contributed by atoms with Gasteiger partial charge >= 0.3 is 0 Å². The van der Waals surface area contributed by atoms with Gasteiger partial charge in [0.1, 0.15) is 5.75 Å². The van der Waals surface area contributed by atoms with Crippen LogP contribution in [-0.4, -0.2) is 6.61 Å². The summed E-state index contributed by atoms with van der Waals surface area (Å²) in [4.78, 5) is 0. The van der Waals surface area contributed by atoms with Gasteiger partial charge in [-0.15, -0.1) is 0 Å². The second kappa shape index (κ2) is 15.1. The van der Waals surface area contributed by atoms with E-state index in [2.05, 4.69) is 39.0 Å². The molecule has 2 saturated carbocycles. The fraction of sp³-hybridized carbons (Fsp3) is 0.812. The molecule has 188 valence electrons. The summed E-state index contributed by atoms with van der Waals surface area (Å²) in [5.74, 6) is 4.65. The van der Waals surface area contributed by atoms with Crippen molar-refractivity contribution in [2.24, 2.45) is 17.8 Å². The van der Waals surface area contributed by atoms with Gasteiger partial charge in [-0.1, -0.05) is 103 Å². The van der Waals surface area contributed by atoms with Crippen LogP contribution in [0.15, 0.2) is 18.2 Å². The summed E-state index contributed by atoms with van der Waals surface area (Å²) in [6, 6.07) is 7.07. The Morgan fingerprint density at radius 3 is 1.94 bits per heavy atom. The Kier molecular flexibility index (Phi) is 12.2. The third kappa shape index (κ3) is 9.29. The molecule has 0 radical (unpaired) electrons. The number of hydrogen-bond acceptors (Lipinski definition) is 1. The van der Waals surface area contributed by atoms with E-state index in [1.165, 1.54) is 121 Å². The van der Waals surface area contributed by atoms with Crippen molar-refractivity contribution in [3.05, 3.63) is 29.3 Å². The molecule has 0 amide bonds. The highest BCUT2D eigenvalue weighted by Gasteiger charge is 2.23. The Morgan fingerprint density at radius 1 is 0.667 bits per heavy atom. The topological polar surface area (TPSA) is 9.23 Å². The predicted octanol–water partition coefficient (Wildman–Crippen LogP) is 10.4. The average molecular weight is 455 g/mol. The lowest BCUT2D eigenvalue weighted by Gasteiger charge is -2.30. The quantitative estimate of drug-likeness (QED) is 0.254. The van der Waals surface area contributed by atoms with Gasteiger partial charge in [0.15, 0.2) is 0 Å². The first-order valence-electron chi connectivity index (χ1n) is 14.9. The Bertz CT molecular complexity index is 634. The van der Waals surface area contributed by atoms with E-state index in [4.69, 9.17) is 4.74 Å². The monoisotopic (exact) mass is 454 g/mol. The highest BCUT2D eigenvalue weighted by Crippen LogP contribution is 2.39. The molecule has 1 nitrogen and oxygen atoms in total. The number of ether oxygens (including phenoxy) is 1. The minimum absolute atomic E-state index is 0.767. The first-order chi connectivity index (χ1) is 16.2. The van der Waals surface area contributed by atoms with Crippen molar-refractivity contribution in [2.75, 3.05) is 6.61 Å². The molecule has 2 aliphatic carbocycles. The molecule has 0 unspecified atom stereocenters. The minimum atomic E-state index is 0.767. The van der Waals surface area contributed by atoms with E-state index in [0.717, 1.165) is 36.0 Å². The van der Waals surface area contributed by atoms with E-state index in [1.54, 1.807) is 5.56 Å². The van der Waals surface area contributed by atoms with Crippen molar-refractivity contribution in [1.29, 1.82) is 0 Å². The number of hydrogen-bond donors (Lipinski definition) is 0. The Balaban J connectivity index is 1.31. The van der Waals surface area contributed by atoms with Gasteiger partial charge in [0.05, 0.1) is 6.61 Å². The van der Waals surface area contributed by atoms with Gasteiger partial charge in [-0.2, -0.15) is 0 Å². The number of aryl methyl sites for hydroxylation is 1. The van der Waals surface area contributed by atoms with E-state index in [1.807, 2.05) is 0 Å². The lowest BCUT2D eigenvalue weighted by Crippen LogP contribution is -2.20. The summed E-state index contributed by atoms with van der Waals surface area (Å²) in [7, 11) is 0. The third-order valence-corrected chi connectivity index (χ3v) is 8.87. The van der Waals surface area contributed by atoms with Gasteiger partial charge in [-0.05, 0) is 86.3 Å². The maximum absolute atomic E-state index is 6.35. The van der Waals surface area contributed by atoms with Crippen LogP contribution < -0.4 is 4.74 Å². The molecule has 0 bridgehead atoms. The first kappa shape index (κ1) is 26.6. The van der Waals surface area contributed by atoms with Crippen LogP contribution in [0.4, 0.5) is 0 Å². The molecule has 0 atom stereocenters. The van der Waals surface area contributed by atoms with Crippen LogP contribution in [0, 0.1) is 24.7 Å². The van der Waals surface area contributed by atoms with Crippen LogP contribution in [0.25, 0.3) is 0 Å². The van der Waals surface area contributed by atoms with Crippen LogP contribution >= 0.6 is 0 Å². The molecule has 33 heavy (non-hydrogen) atoms. The molecule has 0 aliphatic heterocycles. The Hall–Kier alpha value is -0.980. The number of rotatable bonds is 14. The van der Waals surface area contributed by atoms with Crippen LogP contribution in [0.5, 0.6) is 5.75 Å². The van der Waals surface area contributed by atoms with E-state index in [9.17, 15) is 0 Å². The van der Waals surface area contributed by atoms with Crippen molar-refractivity contribution >= 4 is 0 Å².